The molecule has 32 heavy (non-hydrogen) atoms. The minimum Gasteiger partial charge on any atom is -0.469 e. The summed E-state index contributed by atoms with van der Waals surface area (Å²) in [7, 11) is 0.576. The minimum atomic E-state index is -2.25. The predicted octanol–water partition coefficient (Wildman–Crippen LogP) is 4.42. The largest absolute Gasteiger partial charge is 0.469 e. The van der Waals surface area contributed by atoms with Gasteiger partial charge in [-0.3, -0.25) is 9.59 Å². The Morgan fingerprint density at radius 2 is 1.72 bits per heavy atom. The van der Waals surface area contributed by atoms with Crippen molar-refractivity contribution in [2.45, 2.75) is 89.4 Å². The van der Waals surface area contributed by atoms with Gasteiger partial charge in [-0.05, 0) is 37.5 Å². The van der Waals surface area contributed by atoms with Gasteiger partial charge >= 0.3 is 5.97 Å². The Hall–Kier alpha value is -1.58. The summed E-state index contributed by atoms with van der Waals surface area (Å²) in [5.74, 6) is -1.97. The van der Waals surface area contributed by atoms with Crippen LogP contribution in [0.5, 0.6) is 0 Å². The van der Waals surface area contributed by atoms with Gasteiger partial charge in [0.05, 0.1) is 19.6 Å². The summed E-state index contributed by atoms with van der Waals surface area (Å²) in [6, 6.07) is 9.72. The lowest BCUT2D eigenvalue weighted by molar-refractivity contribution is -0.296. The van der Waals surface area contributed by atoms with Crippen molar-refractivity contribution in [3.05, 3.63) is 35.9 Å². The topological polar surface area (TPSA) is 80.3 Å². The Labute approximate surface area is 192 Å². The van der Waals surface area contributed by atoms with E-state index in [1.165, 1.54) is 7.11 Å². The highest BCUT2D eigenvalue weighted by atomic mass is 28.4. The number of ketones is 1. The summed E-state index contributed by atoms with van der Waals surface area (Å²) in [5, 5.41) is -0.0500. The number of benzene rings is 1. The molecule has 0 radical (unpaired) electrons. The molecule has 0 amide bonds. The molecule has 0 saturated carbocycles. The highest BCUT2D eigenvalue weighted by Crippen LogP contribution is 2.42. The summed E-state index contributed by atoms with van der Waals surface area (Å²) in [4.78, 5) is 25.3. The van der Waals surface area contributed by atoms with Crippen LogP contribution in [-0.4, -0.2) is 58.4 Å². The molecule has 0 aromatic heterocycles. The molecule has 8 heteroatoms. The first-order valence-corrected chi connectivity index (χ1v) is 13.8. The first-order valence-electron chi connectivity index (χ1n) is 10.9. The highest BCUT2D eigenvalue weighted by molar-refractivity contribution is 6.74. The Morgan fingerprint density at radius 1 is 1.12 bits per heavy atom. The van der Waals surface area contributed by atoms with E-state index in [2.05, 4.69) is 33.9 Å². The van der Waals surface area contributed by atoms with Crippen LogP contribution in [0.15, 0.2) is 30.3 Å². The number of ether oxygens (including phenoxy) is 4. The molecule has 1 aromatic rings. The molecule has 1 heterocycles. The molecule has 1 aromatic carbocycles. The smallest absolute Gasteiger partial charge is 0.308 e. The Kier molecular flexibility index (Phi) is 8.44. The zero-order chi connectivity index (χ0) is 24.3. The molecule has 1 saturated heterocycles. The quantitative estimate of drug-likeness (QED) is 0.414. The highest BCUT2D eigenvalue weighted by Gasteiger charge is 2.51. The van der Waals surface area contributed by atoms with Gasteiger partial charge < -0.3 is 23.4 Å². The molecule has 2 rings (SSSR count). The monoisotopic (exact) mass is 466 g/mol. The number of methoxy groups -OCH3 is 2. The molecule has 0 unspecified atom stereocenters. The summed E-state index contributed by atoms with van der Waals surface area (Å²) < 4.78 is 29.3. The third-order valence-corrected chi connectivity index (χ3v) is 10.7. The summed E-state index contributed by atoms with van der Waals surface area (Å²) >= 11 is 0. The molecule has 0 spiro atoms. The molecule has 7 nitrogen and oxygen atoms in total. The van der Waals surface area contributed by atoms with E-state index in [1.807, 2.05) is 30.3 Å². The number of carbonyl (C=O) groups excluding carboxylic acids is 2. The molecule has 0 bridgehead atoms. The van der Waals surface area contributed by atoms with Crippen LogP contribution < -0.4 is 0 Å². The van der Waals surface area contributed by atoms with Crippen LogP contribution in [-0.2, 0) is 33.0 Å². The molecule has 1 aliphatic heterocycles. The average Bonchev–Trinajstić information content (AvgIpc) is 2.70. The molecule has 180 valence electrons. The third kappa shape index (κ3) is 6.26. The van der Waals surface area contributed by atoms with E-state index in [1.54, 1.807) is 21.0 Å². The van der Waals surface area contributed by atoms with Gasteiger partial charge in [-0.25, -0.2) is 0 Å². The van der Waals surface area contributed by atoms with E-state index in [9.17, 15) is 9.59 Å². The Balaban J connectivity index is 2.48. The normalized spacial score (nSPS) is 23.5. The van der Waals surface area contributed by atoms with E-state index >= 15 is 0 Å². The fourth-order valence-corrected chi connectivity index (χ4v) is 4.71. The van der Waals surface area contributed by atoms with Gasteiger partial charge in [-0.2, -0.15) is 0 Å². The van der Waals surface area contributed by atoms with Gasteiger partial charge in [0.15, 0.2) is 26.0 Å². The van der Waals surface area contributed by atoms with E-state index in [4.69, 9.17) is 23.4 Å². The van der Waals surface area contributed by atoms with Crippen LogP contribution in [0, 0.1) is 0 Å². The lowest BCUT2D eigenvalue weighted by Gasteiger charge is -2.46. The van der Waals surface area contributed by atoms with E-state index in [0.717, 1.165) is 5.56 Å². The van der Waals surface area contributed by atoms with Crippen molar-refractivity contribution in [2.24, 2.45) is 0 Å². The molecule has 1 aliphatic rings. The molecule has 0 aliphatic carbocycles. The fraction of sp³-hybridized carbons (Fsp3) is 0.667. The first-order chi connectivity index (χ1) is 14.7. The number of Topliss-reactive ketones (excluding diaryl/α,β-unsaturated/α-hetero) is 1. The SMILES string of the molecule is COC(=O)C[C@H]1OC(C)(C)O[C@@H]([C@@H](OC)[C@H](O[Si](C)(C)C(C)(C)C)c2ccccc2)C1=O. The van der Waals surface area contributed by atoms with Gasteiger partial charge in [0.25, 0.3) is 0 Å². The van der Waals surface area contributed by atoms with Crippen LogP contribution >= 0.6 is 0 Å². The number of hydrogen-bond donors (Lipinski definition) is 0. The van der Waals surface area contributed by atoms with Gasteiger partial charge in [0, 0.05) is 7.11 Å². The van der Waals surface area contributed by atoms with Crippen molar-refractivity contribution < 1.29 is 33.0 Å². The van der Waals surface area contributed by atoms with E-state index < -0.39 is 44.5 Å². The number of carbonyl (C=O) groups is 2. The van der Waals surface area contributed by atoms with E-state index in [0.29, 0.717) is 0 Å². The molecular formula is C24H38O7Si. The standard InChI is InChI=1S/C24H38O7Si/c1-23(2,3)32(8,9)31-20(16-13-11-10-12-14-16)22(28-7)21-19(26)17(15-18(25)27-6)29-24(4,5)30-21/h10-14,17,20-22H,15H2,1-9H3/t17-,20-,21-,22+/m1/s1. The van der Waals surface area contributed by atoms with Crippen molar-refractivity contribution in [3.63, 3.8) is 0 Å². The van der Waals surface area contributed by atoms with Crippen molar-refractivity contribution in [2.75, 3.05) is 14.2 Å². The lowest BCUT2D eigenvalue weighted by atomic mass is 9.93. The number of hydrogen-bond acceptors (Lipinski definition) is 7. The van der Waals surface area contributed by atoms with Crippen LogP contribution in [0.25, 0.3) is 0 Å². The molecular weight excluding hydrogens is 428 g/mol. The second-order valence-electron chi connectivity index (χ2n) is 10.1. The van der Waals surface area contributed by atoms with Gasteiger partial charge in [0.2, 0.25) is 0 Å². The van der Waals surface area contributed by atoms with Crippen LogP contribution in [0.1, 0.15) is 52.7 Å². The maximum absolute atomic E-state index is 13.4. The maximum Gasteiger partial charge on any atom is 0.308 e. The number of esters is 1. The summed E-state index contributed by atoms with van der Waals surface area (Å²) in [6.45, 7) is 14.2. The minimum absolute atomic E-state index is 0.0500. The van der Waals surface area contributed by atoms with Gasteiger partial charge in [-0.15, -0.1) is 0 Å². The van der Waals surface area contributed by atoms with Crippen LogP contribution in [0.4, 0.5) is 0 Å². The summed E-state index contributed by atoms with van der Waals surface area (Å²) in [6.07, 6.45) is -3.42. The molecule has 1 fully saturated rings. The fourth-order valence-electron chi connectivity index (χ4n) is 3.45. The Bertz CT molecular complexity index is 785. The predicted molar refractivity (Wildman–Crippen MR) is 124 cm³/mol. The second kappa shape index (κ2) is 10.1. The van der Waals surface area contributed by atoms with Gasteiger partial charge in [-0.1, -0.05) is 51.1 Å². The van der Waals surface area contributed by atoms with Crippen molar-refractivity contribution in [1.82, 2.24) is 0 Å². The van der Waals surface area contributed by atoms with Crippen LogP contribution in [0.2, 0.25) is 18.1 Å². The van der Waals surface area contributed by atoms with Crippen LogP contribution in [0.3, 0.4) is 0 Å². The Morgan fingerprint density at radius 3 is 2.22 bits per heavy atom. The lowest BCUT2D eigenvalue weighted by Crippen LogP contribution is -2.58. The van der Waals surface area contributed by atoms with E-state index in [-0.39, 0.29) is 17.2 Å². The molecule has 0 N–H and O–H groups in total. The maximum atomic E-state index is 13.4. The number of rotatable bonds is 8. The molecule has 4 atom stereocenters. The first kappa shape index (κ1) is 26.7. The third-order valence-electron chi connectivity index (χ3n) is 6.24. The average molecular weight is 467 g/mol. The van der Waals surface area contributed by atoms with Crippen molar-refractivity contribution >= 4 is 20.1 Å². The van der Waals surface area contributed by atoms with Gasteiger partial charge in [0.1, 0.15) is 12.2 Å². The van der Waals surface area contributed by atoms with Crippen molar-refractivity contribution in [3.8, 4) is 0 Å². The zero-order valence-corrected chi connectivity index (χ0v) is 21.8. The zero-order valence-electron chi connectivity index (χ0n) is 20.8. The second-order valence-corrected chi connectivity index (χ2v) is 14.9. The van der Waals surface area contributed by atoms with Crippen molar-refractivity contribution in [1.29, 1.82) is 0 Å². The summed E-state index contributed by atoms with van der Waals surface area (Å²) in [5.41, 5.74) is 0.898.